The molecule has 0 aromatic rings. The molecule has 0 radical (unpaired) electrons. The Balaban J connectivity index is 0.00000256. The van der Waals surface area contributed by atoms with Gasteiger partial charge in [-0.25, -0.2) is 0 Å². The number of rotatable bonds is 6. The number of hydrogen-bond acceptors (Lipinski definition) is 1. The number of nitrogens with zero attached hydrogens (tertiary/aromatic N) is 1. The fourth-order valence-electron chi connectivity index (χ4n) is 3.82. The zero-order valence-corrected chi connectivity index (χ0v) is 12.5. The molecule has 0 unspecified atom stereocenters. The van der Waals surface area contributed by atoms with Gasteiger partial charge in [0.15, 0.2) is 0 Å². The van der Waals surface area contributed by atoms with Crippen LogP contribution >= 0.6 is 0 Å². The van der Waals surface area contributed by atoms with Crippen molar-refractivity contribution in [2.45, 2.75) is 78.2 Å². The second kappa shape index (κ2) is 7.38. The van der Waals surface area contributed by atoms with E-state index < -0.39 is 0 Å². The summed E-state index contributed by atoms with van der Waals surface area (Å²) in [5, 5.41) is 0. The Bertz CT molecular complexity index is 193. The predicted octanol–water partition coefficient (Wildman–Crippen LogP) is 4.19. The van der Waals surface area contributed by atoms with Crippen molar-refractivity contribution in [3.8, 4) is 0 Å². The van der Waals surface area contributed by atoms with Crippen molar-refractivity contribution in [3.05, 3.63) is 0 Å². The first-order chi connectivity index (χ1) is 7.64. The van der Waals surface area contributed by atoms with Gasteiger partial charge in [0.2, 0.25) is 0 Å². The molecule has 2 nitrogen and oxygen atoms in total. The van der Waals surface area contributed by atoms with Crippen molar-refractivity contribution in [2.24, 2.45) is 0 Å². The molecule has 0 spiro atoms. The lowest BCUT2D eigenvalue weighted by Crippen LogP contribution is -2.63. The normalized spacial score (nSPS) is 19.8. The molecule has 0 amide bonds. The number of unbranched alkanes of at least 4 members (excludes halogenated alkanes) is 1. The Labute approximate surface area is 108 Å². The molecule has 0 aromatic heterocycles. The van der Waals surface area contributed by atoms with Crippen LogP contribution in [-0.2, 0) is 0 Å². The maximum Gasteiger partial charge on any atom is 0.0963 e. The summed E-state index contributed by atoms with van der Waals surface area (Å²) < 4.78 is 1.38. The molecular weight excluding hydrogens is 210 g/mol. The Morgan fingerprint density at radius 3 is 1.88 bits per heavy atom. The van der Waals surface area contributed by atoms with E-state index >= 15 is 0 Å². The van der Waals surface area contributed by atoms with Gasteiger partial charge in [-0.3, -0.25) is 0 Å². The van der Waals surface area contributed by atoms with Gasteiger partial charge in [0.05, 0.1) is 25.2 Å². The molecule has 0 heterocycles. The highest BCUT2D eigenvalue weighted by atomic mass is 16.0. The van der Waals surface area contributed by atoms with Crippen molar-refractivity contribution < 1.29 is 9.96 Å². The molecule has 1 rings (SSSR count). The number of hydrogen-bond donors (Lipinski definition) is 0. The minimum absolute atomic E-state index is 0. The Hall–Kier alpha value is -0.0800. The minimum Gasteiger partial charge on any atom is -0.870 e. The smallest absolute Gasteiger partial charge is 0.0963 e. The monoisotopic (exact) mass is 243 g/mol. The maximum atomic E-state index is 2.56. The van der Waals surface area contributed by atoms with E-state index in [-0.39, 0.29) is 5.48 Å². The summed E-state index contributed by atoms with van der Waals surface area (Å²) in [6, 6.07) is 0. The fraction of sp³-hybridized carbons (Fsp3) is 1.00. The third-order valence-corrected chi connectivity index (χ3v) is 5.23. The maximum absolute atomic E-state index is 2.56. The van der Waals surface area contributed by atoms with Crippen LogP contribution in [0.15, 0.2) is 0 Å². The lowest BCUT2D eigenvalue weighted by Gasteiger charge is -2.53. The van der Waals surface area contributed by atoms with Gasteiger partial charge in [0.25, 0.3) is 0 Å². The van der Waals surface area contributed by atoms with Gasteiger partial charge in [-0.05, 0) is 40.0 Å². The van der Waals surface area contributed by atoms with Crippen molar-refractivity contribution in [1.82, 2.24) is 0 Å². The molecule has 2 heteroatoms. The highest BCUT2D eigenvalue weighted by Crippen LogP contribution is 2.38. The average Bonchev–Trinajstić information content (AvgIpc) is 2.32. The Morgan fingerprint density at radius 2 is 1.47 bits per heavy atom. The molecule has 1 aliphatic carbocycles. The summed E-state index contributed by atoms with van der Waals surface area (Å²) in [4.78, 5) is 0. The van der Waals surface area contributed by atoms with Crippen molar-refractivity contribution in [2.75, 3.05) is 19.6 Å². The quantitative estimate of drug-likeness (QED) is 0.643. The molecule has 0 bridgehead atoms. The van der Waals surface area contributed by atoms with E-state index in [4.69, 9.17) is 0 Å². The van der Waals surface area contributed by atoms with Crippen LogP contribution in [0.5, 0.6) is 0 Å². The third-order valence-electron chi connectivity index (χ3n) is 5.23. The van der Waals surface area contributed by atoms with Crippen molar-refractivity contribution in [1.29, 1.82) is 0 Å². The van der Waals surface area contributed by atoms with Gasteiger partial charge in [-0.1, -0.05) is 19.8 Å². The van der Waals surface area contributed by atoms with E-state index in [2.05, 4.69) is 27.7 Å². The zero-order chi connectivity index (χ0) is 12.1. The Morgan fingerprint density at radius 1 is 0.941 bits per heavy atom. The third kappa shape index (κ3) is 3.45. The largest absolute Gasteiger partial charge is 0.870 e. The van der Waals surface area contributed by atoms with E-state index in [0.29, 0.717) is 5.54 Å². The molecule has 1 saturated carbocycles. The zero-order valence-electron chi connectivity index (χ0n) is 12.5. The van der Waals surface area contributed by atoms with E-state index in [9.17, 15) is 0 Å². The second-order valence-electron chi connectivity index (χ2n) is 5.91. The van der Waals surface area contributed by atoms with Gasteiger partial charge in [-0.15, -0.1) is 0 Å². The van der Waals surface area contributed by atoms with Crippen molar-refractivity contribution in [3.63, 3.8) is 0 Å². The highest BCUT2D eigenvalue weighted by Gasteiger charge is 2.44. The van der Waals surface area contributed by atoms with Crippen LogP contribution in [0.1, 0.15) is 72.6 Å². The van der Waals surface area contributed by atoms with Crippen LogP contribution in [0.2, 0.25) is 0 Å². The van der Waals surface area contributed by atoms with Crippen LogP contribution in [0, 0.1) is 0 Å². The van der Waals surface area contributed by atoms with Crippen molar-refractivity contribution >= 4 is 0 Å². The topological polar surface area (TPSA) is 30.0 Å². The highest BCUT2D eigenvalue weighted by molar-refractivity contribution is 4.81. The van der Waals surface area contributed by atoms with Gasteiger partial charge < -0.3 is 9.96 Å². The van der Waals surface area contributed by atoms with E-state index in [1.165, 1.54) is 69.1 Å². The first-order valence-electron chi connectivity index (χ1n) is 7.50. The second-order valence-corrected chi connectivity index (χ2v) is 5.91. The summed E-state index contributed by atoms with van der Waals surface area (Å²) in [7, 11) is 0. The molecule has 17 heavy (non-hydrogen) atoms. The van der Waals surface area contributed by atoms with E-state index in [1.807, 2.05) is 0 Å². The Kier molecular flexibility index (Phi) is 7.34. The molecule has 104 valence electrons. The molecule has 1 fully saturated rings. The molecule has 0 saturated heterocycles. The molecule has 0 atom stereocenters. The molecule has 0 aromatic carbocycles. The average molecular weight is 243 g/mol. The first kappa shape index (κ1) is 16.9. The number of quaternary nitrogens is 1. The summed E-state index contributed by atoms with van der Waals surface area (Å²) in [5.74, 6) is 0. The lowest BCUT2D eigenvalue weighted by molar-refractivity contribution is -0.973. The van der Waals surface area contributed by atoms with E-state index in [1.54, 1.807) is 0 Å². The standard InChI is InChI=1S/C15H32N.H2O/c1-5-8-14-16(6-2,7-3)15(4)12-10-9-11-13-15;/h5-14H2,1-4H3;1H2/q+1;/p-1. The van der Waals surface area contributed by atoms with Gasteiger partial charge in [-0.2, -0.15) is 0 Å². The van der Waals surface area contributed by atoms with Crippen LogP contribution < -0.4 is 0 Å². The summed E-state index contributed by atoms with van der Waals surface area (Å²) in [6.07, 6.45) is 10.0. The molecular formula is C15H33NO. The molecule has 1 aliphatic rings. The lowest BCUT2D eigenvalue weighted by atomic mass is 9.79. The predicted molar refractivity (Wildman–Crippen MR) is 74.5 cm³/mol. The van der Waals surface area contributed by atoms with E-state index in [0.717, 1.165) is 0 Å². The van der Waals surface area contributed by atoms with Gasteiger partial charge in [0, 0.05) is 12.8 Å². The van der Waals surface area contributed by atoms with Crippen LogP contribution in [-0.4, -0.2) is 35.1 Å². The summed E-state index contributed by atoms with van der Waals surface area (Å²) >= 11 is 0. The van der Waals surface area contributed by atoms with Crippen LogP contribution in [0.4, 0.5) is 0 Å². The van der Waals surface area contributed by atoms with Crippen LogP contribution in [0.25, 0.3) is 0 Å². The first-order valence-corrected chi connectivity index (χ1v) is 7.50. The molecule has 1 N–H and O–H groups in total. The summed E-state index contributed by atoms with van der Waals surface area (Å²) in [5.41, 5.74) is 0.580. The SMILES string of the molecule is CCCC[N+](CC)(CC)C1(C)CCCCC1.[OH-]. The minimum atomic E-state index is 0. The van der Waals surface area contributed by atoms with Gasteiger partial charge in [0.1, 0.15) is 0 Å². The summed E-state index contributed by atoms with van der Waals surface area (Å²) in [6.45, 7) is 13.7. The molecule has 0 aliphatic heterocycles. The van der Waals surface area contributed by atoms with Crippen LogP contribution in [0.3, 0.4) is 0 Å². The fourth-order valence-corrected chi connectivity index (χ4v) is 3.82. The van der Waals surface area contributed by atoms with Gasteiger partial charge >= 0.3 is 0 Å².